The Labute approximate surface area is 123 Å². The molecule has 4 nitrogen and oxygen atoms in total. The molecule has 0 bridgehead atoms. The molecule has 1 aromatic heterocycles. The Kier molecular flexibility index (Phi) is 3.23. The van der Waals surface area contributed by atoms with Crippen molar-refractivity contribution in [3.63, 3.8) is 0 Å². The first-order valence-corrected chi connectivity index (χ1v) is 6.91. The van der Waals surface area contributed by atoms with E-state index in [4.69, 9.17) is 4.42 Å². The maximum atomic E-state index is 11.1. The summed E-state index contributed by atoms with van der Waals surface area (Å²) in [6.45, 7) is 1.99. The largest absolute Gasteiger partial charge is 0.417 e. The van der Waals surface area contributed by atoms with E-state index < -0.39 is 11.9 Å². The second-order valence-electron chi connectivity index (χ2n) is 4.70. The van der Waals surface area contributed by atoms with Gasteiger partial charge in [0.1, 0.15) is 6.10 Å². The molecule has 0 spiro atoms. The van der Waals surface area contributed by atoms with Crippen LogP contribution in [0.5, 0.6) is 0 Å². The third-order valence-electron chi connectivity index (χ3n) is 3.21. The Balaban J connectivity index is 2.06. The molecule has 3 aromatic rings. The lowest BCUT2D eigenvalue weighted by molar-refractivity contribution is 0.219. The van der Waals surface area contributed by atoms with Gasteiger partial charge < -0.3 is 9.52 Å². The zero-order valence-corrected chi connectivity index (χ0v) is 12.3. The molecule has 102 valence electrons. The topological polar surface area (TPSA) is 66.2 Å². The smallest absolute Gasteiger partial charge is 0.408 e. The molecule has 5 heteroatoms. The minimum Gasteiger partial charge on any atom is -0.408 e. The summed E-state index contributed by atoms with van der Waals surface area (Å²) < 4.78 is 5.86. The van der Waals surface area contributed by atoms with Crippen LogP contribution in [0.15, 0.2) is 50.1 Å². The Hall–Kier alpha value is -1.85. The SMILES string of the molecule is Cc1ccc(C(O)c2ccc3[nH]c(=O)oc3c2)c(Br)c1. The highest BCUT2D eigenvalue weighted by molar-refractivity contribution is 9.10. The van der Waals surface area contributed by atoms with Crippen molar-refractivity contribution in [1.29, 1.82) is 0 Å². The van der Waals surface area contributed by atoms with Crippen LogP contribution in [0.4, 0.5) is 0 Å². The van der Waals surface area contributed by atoms with Crippen LogP contribution >= 0.6 is 15.9 Å². The summed E-state index contributed by atoms with van der Waals surface area (Å²) in [5.74, 6) is -0.497. The lowest BCUT2D eigenvalue weighted by Gasteiger charge is -2.13. The van der Waals surface area contributed by atoms with E-state index in [2.05, 4.69) is 20.9 Å². The molecule has 0 aliphatic carbocycles. The lowest BCUT2D eigenvalue weighted by Crippen LogP contribution is -2.00. The van der Waals surface area contributed by atoms with Gasteiger partial charge in [-0.25, -0.2) is 4.79 Å². The molecule has 1 atom stereocenters. The van der Waals surface area contributed by atoms with E-state index in [1.807, 2.05) is 25.1 Å². The number of aliphatic hydroxyl groups excluding tert-OH is 1. The number of hydrogen-bond donors (Lipinski definition) is 2. The Morgan fingerprint density at radius 1 is 1.25 bits per heavy atom. The molecular formula is C15H12BrNO3. The summed E-state index contributed by atoms with van der Waals surface area (Å²) in [4.78, 5) is 13.7. The molecule has 0 saturated carbocycles. The highest BCUT2D eigenvalue weighted by atomic mass is 79.9. The molecule has 0 saturated heterocycles. The monoisotopic (exact) mass is 333 g/mol. The van der Waals surface area contributed by atoms with Crippen molar-refractivity contribution in [2.45, 2.75) is 13.0 Å². The summed E-state index contributed by atoms with van der Waals surface area (Å²) in [6.07, 6.45) is -0.783. The molecule has 20 heavy (non-hydrogen) atoms. The van der Waals surface area contributed by atoms with Crippen molar-refractivity contribution in [3.05, 3.63) is 68.1 Å². The van der Waals surface area contributed by atoms with Gasteiger partial charge in [0.25, 0.3) is 0 Å². The fraction of sp³-hybridized carbons (Fsp3) is 0.133. The van der Waals surface area contributed by atoms with Gasteiger partial charge in [0.15, 0.2) is 5.58 Å². The minimum absolute atomic E-state index is 0.440. The van der Waals surface area contributed by atoms with Gasteiger partial charge >= 0.3 is 5.76 Å². The van der Waals surface area contributed by atoms with Crippen molar-refractivity contribution in [3.8, 4) is 0 Å². The van der Waals surface area contributed by atoms with Gasteiger partial charge in [0, 0.05) is 4.47 Å². The van der Waals surface area contributed by atoms with Crippen LogP contribution in [0.1, 0.15) is 22.8 Å². The van der Waals surface area contributed by atoms with Gasteiger partial charge in [0.2, 0.25) is 0 Å². The number of aryl methyl sites for hydroxylation is 1. The molecule has 3 rings (SSSR count). The lowest BCUT2D eigenvalue weighted by atomic mass is 10.0. The number of hydrogen-bond acceptors (Lipinski definition) is 3. The van der Waals surface area contributed by atoms with Gasteiger partial charge in [-0.05, 0) is 41.8 Å². The predicted octanol–water partition coefficient (Wildman–Crippen LogP) is 3.27. The van der Waals surface area contributed by atoms with Gasteiger partial charge in [-0.2, -0.15) is 0 Å². The number of H-pyrrole nitrogens is 1. The highest BCUT2D eigenvalue weighted by Crippen LogP contribution is 2.30. The van der Waals surface area contributed by atoms with Crippen molar-refractivity contribution in [1.82, 2.24) is 4.98 Å². The quantitative estimate of drug-likeness (QED) is 0.756. The van der Waals surface area contributed by atoms with Crippen LogP contribution in [-0.4, -0.2) is 10.1 Å². The summed E-state index contributed by atoms with van der Waals surface area (Å²) in [6, 6.07) is 10.9. The number of fused-ring (bicyclic) bond motifs is 1. The first-order valence-electron chi connectivity index (χ1n) is 6.11. The maximum Gasteiger partial charge on any atom is 0.417 e. The first-order chi connectivity index (χ1) is 9.54. The van der Waals surface area contributed by atoms with Crippen molar-refractivity contribution in [2.24, 2.45) is 0 Å². The third kappa shape index (κ3) is 2.30. The summed E-state index contributed by atoms with van der Waals surface area (Å²) >= 11 is 3.46. The normalized spacial score (nSPS) is 12.8. The van der Waals surface area contributed by atoms with E-state index in [1.165, 1.54) is 0 Å². The van der Waals surface area contributed by atoms with Gasteiger partial charge in [-0.1, -0.05) is 34.1 Å². The summed E-state index contributed by atoms with van der Waals surface area (Å²) in [7, 11) is 0. The predicted molar refractivity (Wildman–Crippen MR) is 79.8 cm³/mol. The molecule has 0 radical (unpaired) electrons. The molecule has 0 aliphatic rings. The van der Waals surface area contributed by atoms with Crippen molar-refractivity contribution in [2.75, 3.05) is 0 Å². The van der Waals surface area contributed by atoms with E-state index in [1.54, 1.807) is 18.2 Å². The number of halogens is 1. The van der Waals surface area contributed by atoms with Crippen LogP contribution in [0, 0.1) is 6.92 Å². The van der Waals surface area contributed by atoms with Crippen LogP contribution in [0.25, 0.3) is 11.1 Å². The third-order valence-corrected chi connectivity index (χ3v) is 3.90. The van der Waals surface area contributed by atoms with Crippen molar-refractivity contribution >= 4 is 27.0 Å². The number of nitrogens with one attached hydrogen (secondary N) is 1. The number of aliphatic hydroxyl groups is 1. The second kappa shape index (κ2) is 4.92. The van der Waals surface area contributed by atoms with E-state index in [-0.39, 0.29) is 0 Å². The number of rotatable bonds is 2. The zero-order chi connectivity index (χ0) is 14.3. The second-order valence-corrected chi connectivity index (χ2v) is 5.55. The average Bonchev–Trinajstić information content (AvgIpc) is 2.77. The van der Waals surface area contributed by atoms with E-state index in [9.17, 15) is 9.90 Å². The van der Waals surface area contributed by atoms with Crippen LogP contribution in [-0.2, 0) is 0 Å². The molecular weight excluding hydrogens is 322 g/mol. The zero-order valence-electron chi connectivity index (χ0n) is 10.7. The highest BCUT2D eigenvalue weighted by Gasteiger charge is 2.15. The molecule has 0 fully saturated rings. The summed E-state index contributed by atoms with van der Waals surface area (Å²) in [5.41, 5.74) is 3.61. The Morgan fingerprint density at radius 3 is 2.80 bits per heavy atom. The molecule has 0 aliphatic heterocycles. The average molecular weight is 334 g/mol. The molecule has 0 amide bonds. The maximum absolute atomic E-state index is 11.1. The standard InChI is InChI=1S/C15H12BrNO3/c1-8-2-4-10(11(16)6-8)14(18)9-3-5-12-13(7-9)20-15(19)17-12/h2-7,14,18H,1H3,(H,17,19). The van der Waals surface area contributed by atoms with Crippen LogP contribution in [0.2, 0.25) is 0 Å². The minimum atomic E-state index is -0.783. The Bertz CT molecular complexity index is 834. The van der Waals surface area contributed by atoms with Crippen LogP contribution < -0.4 is 5.76 Å². The van der Waals surface area contributed by atoms with Gasteiger partial charge in [-0.3, -0.25) is 4.98 Å². The van der Waals surface area contributed by atoms with Crippen LogP contribution in [0.3, 0.4) is 0 Å². The first kappa shape index (κ1) is 13.1. The molecule has 2 N–H and O–H groups in total. The van der Waals surface area contributed by atoms with E-state index in [0.29, 0.717) is 16.7 Å². The Morgan fingerprint density at radius 2 is 2.05 bits per heavy atom. The number of aromatic amines is 1. The van der Waals surface area contributed by atoms with Crippen molar-refractivity contribution < 1.29 is 9.52 Å². The molecule has 1 heterocycles. The summed E-state index contributed by atoms with van der Waals surface area (Å²) in [5, 5.41) is 10.5. The van der Waals surface area contributed by atoms with Gasteiger partial charge in [-0.15, -0.1) is 0 Å². The fourth-order valence-electron chi connectivity index (χ4n) is 2.17. The number of aromatic nitrogens is 1. The van der Waals surface area contributed by atoms with Gasteiger partial charge in [0.05, 0.1) is 5.52 Å². The molecule has 2 aromatic carbocycles. The van der Waals surface area contributed by atoms with E-state index in [0.717, 1.165) is 15.6 Å². The van der Waals surface area contributed by atoms with E-state index >= 15 is 0 Å². The molecule has 1 unspecified atom stereocenters. The number of oxazole rings is 1. The number of benzene rings is 2. The fourth-order valence-corrected chi connectivity index (χ4v) is 2.88.